The largest absolute Gasteiger partial charge is 0.465 e. The van der Waals surface area contributed by atoms with E-state index < -0.39 is 17.7 Å². The Balaban J connectivity index is 1.84. The van der Waals surface area contributed by atoms with Crippen molar-refractivity contribution < 1.29 is 18.7 Å². The van der Waals surface area contributed by atoms with Crippen LogP contribution in [0.1, 0.15) is 26.4 Å². The van der Waals surface area contributed by atoms with E-state index in [0.29, 0.717) is 11.4 Å². The van der Waals surface area contributed by atoms with Gasteiger partial charge in [-0.1, -0.05) is 0 Å². The third-order valence-corrected chi connectivity index (χ3v) is 4.29. The molecule has 0 unspecified atom stereocenters. The van der Waals surface area contributed by atoms with Crippen LogP contribution in [0.25, 0.3) is 5.82 Å². The second-order valence-corrected chi connectivity index (χ2v) is 6.31. The van der Waals surface area contributed by atoms with Crippen LogP contribution < -0.4 is 5.32 Å². The average molecular weight is 444 g/mol. The van der Waals surface area contributed by atoms with Crippen LogP contribution in [0.4, 0.5) is 10.1 Å². The Morgan fingerprint density at radius 3 is 2.68 bits per heavy atom. The summed E-state index contributed by atoms with van der Waals surface area (Å²) in [6.07, 6.45) is 3.21. The number of amides is 1. The number of nitriles is 1. The fourth-order valence-corrected chi connectivity index (χ4v) is 2.65. The van der Waals surface area contributed by atoms with Gasteiger partial charge in [0.15, 0.2) is 11.5 Å². The number of benzene rings is 1. The normalized spacial score (nSPS) is 10.2. The SMILES string of the molecule is COC(=O)c1cc(F)c(Br)cc1NC(=O)c1ccc(-n2ccc(C#N)c2)nn1. The monoisotopic (exact) mass is 443 g/mol. The molecule has 0 aliphatic rings. The number of carbonyl (C=O) groups excluding carboxylic acids is 2. The summed E-state index contributed by atoms with van der Waals surface area (Å²) in [5, 5.41) is 19.2. The third kappa shape index (κ3) is 3.89. The quantitative estimate of drug-likeness (QED) is 0.620. The zero-order chi connectivity index (χ0) is 20.3. The molecule has 0 saturated carbocycles. The number of nitrogens with zero attached hydrogens (tertiary/aromatic N) is 4. The van der Waals surface area contributed by atoms with Gasteiger partial charge in [0.1, 0.15) is 11.9 Å². The van der Waals surface area contributed by atoms with E-state index in [1.165, 1.54) is 12.1 Å². The number of rotatable bonds is 4. The highest BCUT2D eigenvalue weighted by molar-refractivity contribution is 9.10. The van der Waals surface area contributed by atoms with E-state index in [4.69, 9.17) is 5.26 Å². The molecule has 28 heavy (non-hydrogen) atoms. The van der Waals surface area contributed by atoms with E-state index in [1.54, 1.807) is 29.1 Å². The highest BCUT2D eigenvalue weighted by Gasteiger charge is 2.19. The maximum atomic E-state index is 13.7. The molecule has 0 fully saturated rings. The Morgan fingerprint density at radius 1 is 1.29 bits per heavy atom. The van der Waals surface area contributed by atoms with Crippen molar-refractivity contribution in [2.75, 3.05) is 12.4 Å². The number of hydrogen-bond donors (Lipinski definition) is 1. The molecular formula is C18H11BrFN5O3. The molecular weight excluding hydrogens is 433 g/mol. The molecule has 1 aromatic carbocycles. The second kappa shape index (κ2) is 7.98. The molecule has 1 N–H and O–H groups in total. The predicted molar refractivity (Wildman–Crippen MR) is 99.5 cm³/mol. The molecule has 0 bridgehead atoms. The van der Waals surface area contributed by atoms with Gasteiger partial charge in [0.05, 0.1) is 28.4 Å². The molecule has 0 atom stereocenters. The topological polar surface area (TPSA) is 110 Å². The lowest BCUT2D eigenvalue weighted by Crippen LogP contribution is -2.18. The van der Waals surface area contributed by atoms with Crippen molar-refractivity contribution >= 4 is 33.5 Å². The van der Waals surface area contributed by atoms with E-state index in [2.05, 4.69) is 36.2 Å². The zero-order valence-electron chi connectivity index (χ0n) is 14.3. The van der Waals surface area contributed by atoms with Crippen LogP contribution in [0, 0.1) is 17.1 Å². The van der Waals surface area contributed by atoms with Crippen molar-refractivity contribution in [2.45, 2.75) is 0 Å². The Kier molecular flexibility index (Phi) is 5.47. The van der Waals surface area contributed by atoms with Gasteiger partial charge >= 0.3 is 5.97 Å². The summed E-state index contributed by atoms with van der Waals surface area (Å²) in [6.45, 7) is 0. The second-order valence-electron chi connectivity index (χ2n) is 5.45. The number of aromatic nitrogens is 3. The Bertz CT molecular complexity index is 1110. The molecule has 3 rings (SSSR count). The minimum absolute atomic E-state index is 0.0207. The summed E-state index contributed by atoms with van der Waals surface area (Å²) in [4.78, 5) is 24.3. The van der Waals surface area contributed by atoms with E-state index in [0.717, 1.165) is 13.2 Å². The van der Waals surface area contributed by atoms with Crippen LogP contribution in [0.3, 0.4) is 0 Å². The molecule has 0 saturated heterocycles. The maximum absolute atomic E-state index is 13.7. The van der Waals surface area contributed by atoms with Gasteiger partial charge in [0, 0.05) is 12.4 Å². The first-order valence-corrected chi connectivity index (χ1v) is 8.53. The molecule has 8 nitrogen and oxygen atoms in total. The average Bonchev–Trinajstić information content (AvgIpc) is 3.19. The van der Waals surface area contributed by atoms with Crippen LogP contribution in [0.2, 0.25) is 0 Å². The number of nitrogens with one attached hydrogen (secondary N) is 1. The van der Waals surface area contributed by atoms with Gasteiger partial charge in [0.2, 0.25) is 0 Å². The molecule has 0 radical (unpaired) electrons. The van der Waals surface area contributed by atoms with Crippen molar-refractivity contribution in [1.82, 2.24) is 14.8 Å². The van der Waals surface area contributed by atoms with Gasteiger partial charge < -0.3 is 14.6 Å². The van der Waals surface area contributed by atoms with Crippen molar-refractivity contribution in [3.63, 3.8) is 0 Å². The smallest absolute Gasteiger partial charge is 0.340 e. The first kappa shape index (κ1) is 19.2. The summed E-state index contributed by atoms with van der Waals surface area (Å²) in [7, 11) is 1.15. The number of hydrogen-bond acceptors (Lipinski definition) is 6. The minimum Gasteiger partial charge on any atom is -0.465 e. The first-order chi connectivity index (χ1) is 13.4. The lowest BCUT2D eigenvalue weighted by Gasteiger charge is -2.11. The van der Waals surface area contributed by atoms with Gasteiger partial charge in [-0.05, 0) is 46.3 Å². The van der Waals surface area contributed by atoms with Crippen LogP contribution in [0.15, 0.2) is 47.2 Å². The predicted octanol–water partition coefficient (Wildman–Crippen LogP) is 3.08. The molecule has 10 heteroatoms. The van der Waals surface area contributed by atoms with Crippen LogP contribution in [0.5, 0.6) is 0 Å². The van der Waals surface area contributed by atoms with Crippen LogP contribution >= 0.6 is 15.9 Å². The van der Waals surface area contributed by atoms with E-state index in [-0.39, 0.29) is 21.4 Å². The molecule has 140 valence electrons. The lowest BCUT2D eigenvalue weighted by atomic mass is 10.1. The number of methoxy groups -OCH3 is 1. The van der Waals surface area contributed by atoms with E-state index >= 15 is 0 Å². The number of ether oxygens (including phenoxy) is 1. The molecule has 1 amide bonds. The van der Waals surface area contributed by atoms with Gasteiger partial charge in [-0.3, -0.25) is 4.79 Å². The van der Waals surface area contributed by atoms with Gasteiger partial charge in [0.25, 0.3) is 5.91 Å². The summed E-state index contributed by atoms with van der Waals surface area (Å²) in [5.41, 5.74) is 0.353. The van der Waals surface area contributed by atoms with Crippen LogP contribution in [-0.2, 0) is 4.74 Å². The summed E-state index contributed by atoms with van der Waals surface area (Å²) >= 11 is 3.01. The zero-order valence-corrected chi connectivity index (χ0v) is 15.9. The molecule has 0 spiro atoms. The highest BCUT2D eigenvalue weighted by Crippen LogP contribution is 2.26. The standard InChI is InChI=1S/C18H11BrFN5O3/c1-28-18(27)11-6-13(20)12(19)7-15(11)22-17(26)14-2-3-16(24-23-14)25-5-4-10(8-21)9-25/h2-7,9H,1H3,(H,22,26). The van der Waals surface area contributed by atoms with Gasteiger partial charge in [-0.2, -0.15) is 5.26 Å². The first-order valence-electron chi connectivity index (χ1n) is 7.74. The molecule has 3 aromatic rings. The van der Waals surface area contributed by atoms with Gasteiger partial charge in [-0.15, -0.1) is 10.2 Å². The Hall–Kier alpha value is -3.58. The lowest BCUT2D eigenvalue weighted by molar-refractivity contribution is 0.0601. The van der Waals surface area contributed by atoms with E-state index in [1.807, 2.05) is 6.07 Å². The number of halogens is 2. The molecule has 2 heterocycles. The summed E-state index contributed by atoms with van der Waals surface area (Å²) in [6, 6.07) is 8.80. The number of anilines is 1. The van der Waals surface area contributed by atoms with Crippen LogP contribution in [-0.4, -0.2) is 33.8 Å². The van der Waals surface area contributed by atoms with Crippen molar-refractivity contribution in [3.05, 3.63) is 69.8 Å². The van der Waals surface area contributed by atoms with Crippen molar-refractivity contribution in [2.24, 2.45) is 0 Å². The van der Waals surface area contributed by atoms with E-state index in [9.17, 15) is 14.0 Å². The van der Waals surface area contributed by atoms with Crippen molar-refractivity contribution in [3.8, 4) is 11.9 Å². The fraction of sp³-hybridized carbons (Fsp3) is 0.0556. The molecule has 0 aliphatic heterocycles. The molecule has 0 aliphatic carbocycles. The Labute approximate surface area is 166 Å². The van der Waals surface area contributed by atoms with Gasteiger partial charge in [-0.25, -0.2) is 9.18 Å². The molecule has 2 aromatic heterocycles. The summed E-state index contributed by atoms with van der Waals surface area (Å²) < 4.78 is 20.0. The fourth-order valence-electron chi connectivity index (χ4n) is 2.30. The Morgan fingerprint density at radius 2 is 2.07 bits per heavy atom. The highest BCUT2D eigenvalue weighted by atomic mass is 79.9. The third-order valence-electron chi connectivity index (χ3n) is 3.68. The maximum Gasteiger partial charge on any atom is 0.340 e. The van der Waals surface area contributed by atoms with Crippen molar-refractivity contribution in [1.29, 1.82) is 5.26 Å². The minimum atomic E-state index is -0.802. The number of carbonyl (C=O) groups is 2. The summed E-state index contributed by atoms with van der Waals surface area (Å²) in [5.74, 6) is -1.71. The number of esters is 1.